The molecule has 1 aliphatic heterocycles. The van der Waals surface area contributed by atoms with Crippen molar-refractivity contribution in [2.24, 2.45) is 0 Å². The van der Waals surface area contributed by atoms with E-state index in [0.29, 0.717) is 11.6 Å². The molecule has 0 spiro atoms. The lowest BCUT2D eigenvalue weighted by Gasteiger charge is -2.22. The summed E-state index contributed by atoms with van der Waals surface area (Å²) in [6, 6.07) is 40.6. The van der Waals surface area contributed by atoms with Crippen molar-refractivity contribution in [3.05, 3.63) is 133 Å². The lowest BCUT2D eigenvalue weighted by atomic mass is 9.86. The number of nitrogens with zero attached hydrogens (tertiary/aromatic N) is 5. The van der Waals surface area contributed by atoms with Gasteiger partial charge >= 0.3 is 0 Å². The van der Waals surface area contributed by atoms with E-state index in [4.69, 9.17) is 14.7 Å². The van der Waals surface area contributed by atoms with Gasteiger partial charge in [-0.1, -0.05) is 96.1 Å². The Morgan fingerprint density at radius 3 is 2.10 bits per heavy atom. The Labute approximate surface area is 294 Å². The van der Waals surface area contributed by atoms with Crippen molar-refractivity contribution in [2.75, 3.05) is 23.5 Å². The van der Waals surface area contributed by atoms with Crippen LogP contribution in [-0.2, 0) is 10.8 Å². The van der Waals surface area contributed by atoms with Gasteiger partial charge in [-0.2, -0.15) is 0 Å². The number of anilines is 3. The van der Waals surface area contributed by atoms with E-state index < -0.39 is 0 Å². The second-order valence-corrected chi connectivity index (χ2v) is 15.4. The van der Waals surface area contributed by atoms with Gasteiger partial charge in [0, 0.05) is 41.7 Å². The Hall–Kier alpha value is -5.62. The minimum atomic E-state index is -0.00313. The first kappa shape index (κ1) is 31.6. The van der Waals surface area contributed by atoms with Gasteiger partial charge in [-0.05, 0) is 70.5 Å². The highest BCUT2D eigenvalue weighted by molar-refractivity contribution is 6.09. The highest BCUT2D eigenvalue weighted by Crippen LogP contribution is 2.42. The topological polar surface area (TPSA) is 46.4 Å². The van der Waals surface area contributed by atoms with Gasteiger partial charge in [0.15, 0.2) is 0 Å². The molecule has 0 saturated carbocycles. The SMILES string of the molecule is CN1CN(c2cc(Oc3ccc4c5ccccc5n(-c5cc(C(C)(C)C)ccn5)c4c3)nc(-c3ccc(C(C)(C)C)cc3)c2)c2ccccc21. The van der Waals surface area contributed by atoms with Gasteiger partial charge in [0.05, 0.1) is 40.5 Å². The van der Waals surface area contributed by atoms with Gasteiger partial charge in [-0.25, -0.2) is 9.97 Å². The van der Waals surface area contributed by atoms with Crippen LogP contribution in [0.15, 0.2) is 121 Å². The summed E-state index contributed by atoms with van der Waals surface area (Å²) in [7, 11) is 2.13. The third-order valence-corrected chi connectivity index (χ3v) is 9.79. The Bertz CT molecular complexity index is 2380. The van der Waals surface area contributed by atoms with Crippen LogP contribution in [-0.4, -0.2) is 28.3 Å². The molecule has 50 heavy (non-hydrogen) atoms. The van der Waals surface area contributed by atoms with Crippen molar-refractivity contribution >= 4 is 38.9 Å². The maximum Gasteiger partial charge on any atom is 0.221 e. The number of benzene rings is 4. The van der Waals surface area contributed by atoms with Gasteiger partial charge < -0.3 is 14.5 Å². The largest absolute Gasteiger partial charge is 0.439 e. The first-order chi connectivity index (χ1) is 23.9. The molecule has 0 bridgehead atoms. The summed E-state index contributed by atoms with van der Waals surface area (Å²) < 4.78 is 8.97. The molecule has 8 rings (SSSR count). The van der Waals surface area contributed by atoms with Crippen LogP contribution in [0, 0.1) is 0 Å². The molecule has 0 amide bonds. The number of hydrogen-bond acceptors (Lipinski definition) is 5. The molecule has 1 aliphatic rings. The maximum atomic E-state index is 6.72. The first-order valence-corrected chi connectivity index (χ1v) is 17.3. The van der Waals surface area contributed by atoms with Gasteiger partial charge in [0.2, 0.25) is 5.88 Å². The average Bonchev–Trinajstić information content (AvgIpc) is 3.62. The summed E-state index contributed by atoms with van der Waals surface area (Å²) in [6.07, 6.45) is 1.91. The first-order valence-electron chi connectivity index (χ1n) is 17.3. The molecular formula is C44H43N5O. The second kappa shape index (κ2) is 11.8. The van der Waals surface area contributed by atoms with Crippen molar-refractivity contribution in [1.29, 1.82) is 0 Å². The van der Waals surface area contributed by atoms with Crippen LogP contribution in [0.3, 0.4) is 0 Å². The Morgan fingerprint density at radius 1 is 0.640 bits per heavy atom. The fourth-order valence-corrected chi connectivity index (χ4v) is 6.98. The van der Waals surface area contributed by atoms with Gasteiger partial charge in [-0.15, -0.1) is 0 Å². The summed E-state index contributed by atoms with van der Waals surface area (Å²) in [5, 5.41) is 2.32. The molecule has 0 N–H and O–H groups in total. The Balaban J connectivity index is 1.25. The fraction of sp³-hybridized carbons (Fsp3) is 0.227. The predicted molar refractivity (Wildman–Crippen MR) is 208 cm³/mol. The molecule has 6 nitrogen and oxygen atoms in total. The molecular weight excluding hydrogens is 615 g/mol. The molecule has 4 aromatic carbocycles. The number of fused-ring (bicyclic) bond motifs is 4. The molecule has 0 saturated heterocycles. The smallest absolute Gasteiger partial charge is 0.221 e. The number of ether oxygens (including phenoxy) is 1. The van der Waals surface area contributed by atoms with Crippen LogP contribution in [0.1, 0.15) is 52.7 Å². The molecule has 0 aliphatic carbocycles. The second-order valence-electron chi connectivity index (χ2n) is 15.4. The van der Waals surface area contributed by atoms with Crippen LogP contribution in [0.2, 0.25) is 0 Å². The van der Waals surface area contributed by atoms with Crippen molar-refractivity contribution in [3.63, 3.8) is 0 Å². The van der Waals surface area contributed by atoms with E-state index in [1.807, 2.05) is 12.3 Å². The van der Waals surface area contributed by atoms with E-state index in [9.17, 15) is 0 Å². The van der Waals surface area contributed by atoms with E-state index in [1.165, 1.54) is 22.2 Å². The zero-order valence-electron chi connectivity index (χ0n) is 29.9. The summed E-state index contributed by atoms with van der Waals surface area (Å²) in [5.41, 5.74) is 10.0. The number of aromatic nitrogens is 3. The molecule has 250 valence electrons. The van der Waals surface area contributed by atoms with Crippen LogP contribution in [0.4, 0.5) is 17.1 Å². The fourth-order valence-electron chi connectivity index (χ4n) is 6.98. The van der Waals surface area contributed by atoms with Crippen molar-refractivity contribution in [3.8, 4) is 28.7 Å². The highest BCUT2D eigenvalue weighted by Gasteiger charge is 2.26. The minimum absolute atomic E-state index is 0.00313. The highest BCUT2D eigenvalue weighted by atomic mass is 16.5. The quantitative estimate of drug-likeness (QED) is 0.184. The molecule has 0 atom stereocenters. The van der Waals surface area contributed by atoms with Crippen LogP contribution in [0.25, 0.3) is 38.9 Å². The number of pyridine rings is 2. The summed E-state index contributed by atoms with van der Waals surface area (Å²) in [4.78, 5) is 14.5. The maximum absolute atomic E-state index is 6.72. The van der Waals surface area contributed by atoms with Gasteiger partial charge in [0.1, 0.15) is 11.6 Å². The number of para-hydroxylation sites is 3. The minimum Gasteiger partial charge on any atom is -0.439 e. The third kappa shape index (κ3) is 5.65. The third-order valence-electron chi connectivity index (χ3n) is 9.79. The van der Waals surface area contributed by atoms with Crippen LogP contribution in [0.5, 0.6) is 11.6 Å². The van der Waals surface area contributed by atoms with Crippen molar-refractivity contribution in [2.45, 2.75) is 52.4 Å². The lowest BCUT2D eigenvalue weighted by Crippen LogP contribution is -2.24. The normalized spacial score (nSPS) is 13.3. The van der Waals surface area contributed by atoms with E-state index in [0.717, 1.165) is 51.5 Å². The van der Waals surface area contributed by atoms with E-state index >= 15 is 0 Å². The molecule has 0 unspecified atom stereocenters. The molecule has 6 heteroatoms. The lowest BCUT2D eigenvalue weighted by molar-refractivity contribution is 0.464. The standard InChI is InChI=1S/C44H43N5O/c1-43(2,3)30-18-16-29(17-19-30)36-25-32(48-28-47(7)38-14-10-11-15-39(38)48)26-42(46-36)50-33-20-21-35-34-12-8-9-13-37(34)49(40(35)27-33)41-24-31(22-23-45-41)44(4,5)6/h8-27H,28H2,1-7H3. The van der Waals surface area contributed by atoms with Crippen LogP contribution >= 0.6 is 0 Å². The molecule has 4 heterocycles. The van der Waals surface area contributed by atoms with Gasteiger partial charge in [0.25, 0.3) is 0 Å². The summed E-state index contributed by atoms with van der Waals surface area (Å²) in [5.74, 6) is 2.14. The summed E-state index contributed by atoms with van der Waals surface area (Å²) in [6.45, 7) is 14.1. The summed E-state index contributed by atoms with van der Waals surface area (Å²) >= 11 is 0. The van der Waals surface area contributed by atoms with Crippen molar-refractivity contribution in [1.82, 2.24) is 14.5 Å². The molecule has 0 fully saturated rings. The van der Waals surface area contributed by atoms with Crippen molar-refractivity contribution < 1.29 is 4.74 Å². The predicted octanol–water partition coefficient (Wildman–Crippen LogP) is 11.2. The van der Waals surface area contributed by atoms with Crippen LogP contribution < -0.4 is 14.5 Å². The Kier molecular flexibility index (Phi) is 7.44. The average molecular weight is 658 g/mol. The molecule has 0 radical (unpaired) electrons. The van der Waals surface area contributed by atoms with E-state index in [2.05, 4.69) is 172 Å². The Morgan fingerprint density at radius 2 is 1.34 bits per heavy atom. The zero-order valence-corrected chi connectivity index (χ0v) is 29.9. The number of hydrogen-bond donors (Lipinski definition) is 0. The number of rotatable bonds is 5. The monoisotopic (exact) mass is 657 g/mol. The van der Waals surface area contributed by atoms with E-state index in [-0.39, 0.29) is 10.8 Å². The van der Waals surface area contributed by atoms with E-state index in [1.54, 1.807) is 0 Å². The van der Waals surface area contributed by atoms with Gasteiger partial charge in [-0.3, -0.25) is 4.57 Å². The zero-order chi connectivity index (χ0) is 34.8. The molecule has 7 aromatic rings. The molecule has 3 aromatic heterocycles.